The Labute approximate surface area is 92.0 Å². The van der Waals surface area contributed by atoms with E-state index in [2.05, 4.69) is 35.9 Å². The number of hydrogen-bond donors (Lipinski definition) is 2. The van der Waals surface area contributed by atoms with Gasteiger partial charge in [0.2, 0.25) is 0 Å². The molecular formula is C12H21N3. The van der Waals surface area contributed by atoms with Crippen molar-refractivity contribution in [3.05, 3.63) is 30.1 Å². The van der Waals surface area contributed by atoms with E-state index in [4.69, 9.17) is 0 Å². The lowest BCUT2D eigenvalue weighted by atomic mass is 10.0. The van der Waals surface area contributed by atoms with E-state index in [1.165, 1.54) is 11.3 Å². The summed E-state index contributed by atoms with van der Waals surface area (Å²) in [5, 5.41) is 10.6. The summed E-state index contributed by atoms with van der Waals surface area (Å²) in [6.07, 6.45) is 6.02. The van der Waals surface area contributed by atoms with Crippen LogP contribution in [-0.4, -0.2) is 16.7 Å². The first-order valence-electron chi connectivity index (χ1n) is 5.63. The maximum absolute atomic E-state index is 4.10. The van der Waals surface area contributed by atoms with Crippen LogP contribution in [0.1, 0.15) is 43.9 Å². The monoisotopic (exact) mass is 207 g/mol. The van der Waals surface area contributed by atoms with E-state index >= 15 is 0 Å². The largest absolute Gasteiger partial charge is 0.313 e. The number of aromatic amines is 1. The quantitative estimate of drug-likeness (QED) is 0.533. The molecule has 1 atom stereocenters. The van der Waals surface area contributed by atoms with Gasteiger partial charge in [-0.3, -0.25) is 5.10 Å². The fourth-order valence-electron chi connectivity index (χ4n) is 1.66. The van der Waals surface area contributed by atoms with Gasteiger partial charge < -0.3 is 5.32 Å². The smallest absolute Gasteiger partial charge is 0.0535 e. The predicted molar refractivity (Wildman–Crippen MR) is 63.8 cm³/mol. The molecule has 0 aromatic carbocycles. The van der Waals surface area contributed by atoms with Gasteiger partial charge in [0.15, 0.2) is 0 Å². The van der Waals surface area contributed by atoms with Crippen molar-refractivity contribution in [3.63, 3.8) is 0 Å². The Kier molecular flexibility index (Phi) is 5.12. The Morgan fingerprint density at radius 1 is 1.67 bits per heavy atom. The molecule has 1 unspecified atom stereocenters. The molecule has 84 valence electrons. The molecule has 0 saturated heterocycles. The highest BCUT2D eigenvalue weighted by Crippen LogP contribution is 2.20. The number of allylic oxidation sites excluding steroid dienone is 1. The van der Waals surface area contributed by atoms with Gasteiger partial charge in [-0.25, -0.2) is 0 Å². The molecule has 0 spiro atoms. The molecule has 0 aliphatic heterocycles. The highest BCUT2D eigenvalue weighted by molar-refractivity contribution is 5.20. The summed E-state index contributed by atoms with van der Waals surface area (Å²) in [7, 11) is 0. The van der Waals surface area contributed by atoms with Crippen LogP contribution in [-0.2, 0) is 6.54 Å². The molecule has 0 bridgehead atoms. The van der Waals surface area contributed by atoms with Crippen molar-refractivity contribution < 1.29 is 0 Å². The Bertz CT molecular complexity index is 291. The highest BCUT2D eigenvalue weighted by atomic mass is 15.1. The number of nitrogens with one attached hydrogen (secondary N) is 2. The lowest BCUT2D eigenvalue weighted by Crippen LogP contribution is -2.15. The van der Waals surface area contributed by atoms with Gasteiger partial charge in [-0.15, -0.1) is 6.58 Å². The van der Waals surface area contributed by atoms with Crippen molar-refractivity contribution in [3.8, 4) is 0 Å². The van der Waals surface area contributed by atoms with Crippen LogP contribution in [0.25, 0.3) is 0 Å². The molecule has 15 heavy (non-hydrogen) atoms. The van der Waals surface area contributed by atoms with Crippen LogP contribution < -0.4 is 5.32 Å². The summed E-state index contributed by atoms with van der Waals surface area (Å²) in [4.78, 5) is 0. The Morgan fingerprint density at radius 2 is 2.47 bits per heavy atom. The summed E-state index contributed by atoms with van der Waals surface area (Å²) in [5.74, 6) is 0.475. The summed E-state index contributed by atoms with van der Waals surface area (Å²) >= 11 is 0. The van der Waals surface area contributed by atoms with Crippen molar-refractivity contribution in [1.29, 1.82) is 0 Å². The molecule has 1 heterocycles. The molecule has 2 N–H and O–H groups in total. The van der Waals surface area contributed by atoms with Crippen LogP contribution in [0.3, 0.4) is 0 Å². The molecule has 1 rings (SSSR count). The molecule has 1 aromatic rings. The zero-order valence-electron chi connectivity index (χ0n) is 9.71. The molecule has 0 aliphatic carbocycles. The fraction of sp³-hybridized carbons (Fsp3) is 0.583. The SMILES string of the molecule is C=CCC(C)c1[nH]ncc1CNCCC. The highest BCUT2D eigenvalue weighted by Gasteiger charge is 2.10. The van der Waals surface area contributed by atoms with E-state index in [0.717, 1.165) is 25.9 Å². The first-order chi connectivity index (χ1) is 7.29. The second-order valence-corrected chi connectivity index (χ2v) is 3.91. The topological polar surface area (TPSA) is 40.7 Å². The van der Waals surface area contributed by atoms with Gasteiger partial charge >= 0.3 is 0 Å². The average Bonchev–Trinajstić information content (AvgIpc) is 2.67. The number of rotatable bonds is 7. The lowest BCUT2D eigenvalue weighted by Gasteiger charge is -2.09. The minimum atomic E-state index is 0.475. The Balaban J connectivity index is 2.56. The summed E-state index contributed by atoms with van der Waals surface area (Å²) in [6, 6.07) is 0. The van der Waals surface area contributed by atoms with Crippen molar-refractivity contribution in [2.24, 2.45) is 0 Å². The summed E-state index contributed by atoms with van der Waals surface area (Å²) < 4.78 is 0. The molecule has 3 nitrogen and oxygen atoms in total. The van der Waals surface area contributed by atoms with Gasteiger partial charge in [0.1, 0.15) is 0 Å². The summed E-state index contributed by atoms with van der Waals surface area (Å²) in [6.45, 7) is 10.1. The molecule has 1 aromatic heterocycles. The average molecular weight is 207 g/mol. The number of H-pyrrole nitrogens is 1. The third-order valence-corrected chi connectivity index (χ3v) is 2.51. The van der Waals surface area contributed by atoms with E-state index in [9.17, 15) is 0 Å². The maximum Gasteiger partial charge on any atom is 0.0535 e. The molecule has 0 fully saturated rings. The molecule has 3 heteroatoms. The van der Waals surface area contributed by atoms with Crippen LogP contribution in [0.5, 0.6) is 0 Å². The maximum atomic E-state index is 4.10. The van der Waals surface area contributed by atoms with Crippen molar-refractivity contribution in [2.45, 2.75) is 39.2 Å². The minimum absolute atomic E-state index is 0.475. The van der Waals surface area contributed by atoms with Gasteiger partial charge in [0, 0.05) is 23.7 Å². The fourth-order valence-corrected chi connectivity index (χ4v) is 1.66. The van der Waals surface area contributed by atoms with Crippen LogP contribution >= 0.6 is 0 Å². The second-order valence-electron chi connectivity index (χ2n) is 3.91. The second kappa shape index (κ2) is 6.40. The van der Waals surface area contributed by atoms with E-state index in [1.807, 2.05) is 12.3 Å². The van der Waals surface area contributed by atoms with Gasteiger partial charge in [-0.2, -0.15) is 5.10 Å². The third-order valence-electron chi connectivity index (χ3n) is 2.51. The van der Waals surface area contributed by atoms with Crippen molar-refractivity contribution >= 4 is 0 Å². The Hall–Kier alpha value is -1.09. The van der Waals surface area contributed by atoms with Gasteiger partial charge in [0.25, 0.3) is 0 Å². The van der Waals surface area contributed by atoms with Crippen molar-refractivity contribution in [1.82, 2.24) is 15.5 Å². The third kappa shape index (κ3) is 3.51. The zero-order chi connectivity index (χ0) is 11.1. The van der Waals surface area contributed by atoms with E-state index in [1.54, 1.807) is 0 Å². The van der Waals surface area contributed by atoms with E-state index in [-0.39, 0.29) is 0 Å². The predicted octanol–water partition coefficient (Wildman–Crippen LogP) is 2.59. The molecule has 0 radical (unpaired) electrons. The first kappa shape index (κ1) is 12.0. The first-order valence-corrected chi connectivity index (χ1v) is 5.63. The van der Waals surface area contributed by atoms with E-state index < -0.39 is 0 Å². The zero-order valence-corrected chi connectivity index (χ0v) is 9.71. The molecule has 0 saturated carbocycles. The standard InChI is InChI=1S/C12H21N3/c1-4-6-10(3)12-11(9-14-15-12)8-13-7-5-2/h4,9-10,13H,1,5-8H2,2-3H3,(H,14,15). The van der Waals surface area contributed by atoms with Crippen LogP contribution in [0.4, 0.5) is 0 Å². The van der Waals surface area contributed by atoms with Crippen molar-refractivity contribution in [2.75, 3.05) is 6.54 Å². The van der Waals surface area contributed by atoms with Crippen LogP contribution in [0, 0.1) is 0 Å². The Morgan fingerprint density at radius 3 is 3.13 bits per heavy atom. The van der Waals surface area contributed by atoms with E-state index in [0.29, 0.717) is 5.92 Å². The van der Waals surface area contributed by atoms with Gasteiger partial charge in [0.05, 0.1) is 6.20 Å². The molecular weight excluding hydrogens is 186 g/mol. The lowest BCUT2D eigenvalue weighted by molar-refractivity contribution is 0.658. The molecule has 0 aliphatic rings. The normalized spacial score (nSPS) is 12.7. The molecule has 0 amide bonds. The number of hydrogen-bond acceptors (Lipinski definition) is 2. The van der Waals surface area contributed by atoms with Gasteiger partial charge in [-0.1, -0.05) is 19.9 Å². The van der Waals surface area contributed by atoms with Gasteiger partial charge in [-0.05, 0) is 19.4 Å². The minimum Gasteiger partial charge on any atom is -0.313 e. The number of nitrogens with zero attached hydrogens (tertiary/aromatic N) is 1. The number of aromatic nitrogens is 2. The summed E-state index contributed by atoms with van der Waals surface area (Å²) in [5.41, 5.74) is 2.51. The van der Waals surface area contributed by atoms with Crippen LogP contribution in [0.15, 0.2) is 18.9 Å². The van der Waals surface area contributed by atoms with Crippen LogP contribution in [0.2, 0.25) is 0 Å².